The van der Waals surface area contributed by atoms with Crippen LogP contribution in [-0.4, -0.2) is 25.8 Å². The third kappa shape index (κ3) is 2.82. The van der Waals surface area contributed by atoms with Crippen molar-refractivity contribution < 1.29 is 9.90 Å². The van der Waals surface area contributed by atoms with Gasteiger partial charge in [0.1, 0.15) is 5.75 Å². The number of thiophene rings is 1. The van der Waals surface area contributed by atoms with Crippen molar-refractivity contribution in [1.29, 1.82) is 0 Å². The minimum atomic E-state index is -0.313. The molecule has 130 valence electrons. The van der Waals surface area contributed by atoms with Crippen molar-refractivity contribution in [3.05, 3.63) is 59.6 Å². The average molecular weight is 364 g/mol. The van der Waals surface area contributed by atoms with Gasteiger partial charge in [0.05, 0.1) is 33.4 Å². The normalized spacial score (nSPS) is 11.0. The number of benzene rings is 1. The molecule has 26 heavy (non-hydrogen) atoms. The summed E-state index contributed by atoms with van der Waals surface area (Å²) in [5.41, 5.74) is 2.23. The Balaban J connectivity index is 1.84. The van der Waals surface area contributed by atoms with Crippen molar-refractivity contribution in [1.82, 2.24) is 14.8 Å². The number of carbonyl (C=O) groups excluding carboxylic acids is 1. The number of nitrogens with zero attached hydrogens (tertiary/aromatic N) is 3. The van der Waals surface area contributed by atoms with Crippen LogP contribution >= 0.6 is 11.3 Å². The third-order valence-electron chi connectivity index (χ3n) is 4.08. The van der Waals surface area contributed by atoms with E-state index in [9.17, 15) is 9.90 Å². The number of nitrogens with one attached hydrogen (secondary N) is 1. The lowest BCUT2D eigenvalue weighted by molar-refractivity contribution is 0.102. The molecule has 0 aliphatic carbocycles. The molecule has 0 saturated carbocycles. The number of hydrogen-bond acceptors (Lipinski definition) is 5. The van der Waals surface area contributed by atoms with Gasteiger partial charge in [-0.15, -0.1) is 11.3 Å². The molecule has 4 aromatic rings. The molecule has 0 atom stereocenters. The summed E-state index contributed by atoms with van der Waals surface area (Å²) in [4.78, 5) is 18.6. The lowest BCUT2D eigenvalue weighted by Crippen LogP contribution is -2.13. The lowest BCUT2D eigenvalue weighted by atomic mass is 10.1. The molecule has 7 heteroatoms. The number of aromatic hydroxyl groups is 1. The smallest absolute Gasteiger partial charge is 0.256 e. The van der Waals surface area contributed by atoms with Crippen LogP contribution in [0.2, 0.25) is 0 Å². The fourth-order valence-electron chi connectivity index (χ4n) is 2.79. The number of aryl methyl sites for hydroxylation is 1. The molecule has 1 aromatic carbocycles. The standard InChI is InChI=1S/C19H16N4O2S/c1-2-23-18-13(11-20-23)12(10-15(21-18)17-8-5-9-26-17)19(25)22-14-6-3-4-7-16(14)24/h3-11,24H,2H2,1H3,(H,22,25). The predicted molar refractivity (Wildman–Crippen MR) is 103 cm³/mol. The number of aromatic nitrogens is 3. The van der Waals surface area contributed by atoms with Gasteiger partial charge < -0.3 is 10.4 Å². The van der Waals surface area contributed by atoms with Crippen molar-refractivity contribution >= 4 is 34.0 Å². The molecule has 0 saturated heterocycles. The lowest BCUT2D eigenvalue weighted by Gasteiger charge is -2.09. The summed E-state index contributed by atoms with van der Waals surface area (Å²) < 4.78 is 1.77. The SMILES string of the molecule is CCn1ncc2c(C(=O)Nc3ccccc3O)cc(-c3cccs3)nc21. The van der Waals surface area contributed by atoms with E-state index in [0.717, 1.165) is 10.6 Å². The van der Waals surface area contributed by atoms with Crippen molar-refractivity contribution in [2.75, 3.05) is 5.32 Å². The summed E-state index contributed by atoms with van der Waals surface area (Å²) in [7, 11) is 0. The Labute approximate surface area is 153 Å². The van der Waals surface area contributed by atoms with Crippen molar-refractivity contribution in [3.63, 3.8) is 0 Å². The quantitative estimate of drug-likeness (QED) is 0.534. The van der Waals surface area contributed by atoms with Crippen LogP contribution in [0.5, 0.6) is 5.75 Å². The van der Waals surface area contributed by atoms with E-state index in [1.807, 2.05) is 24.4 Å². The molecule has 0 radical (unpaired) electrons. The summed E-state index contributed by atoms with van der Waals surface area (Å²) >= 11 is 1.56. The van der Waals surface area contributed by atoms with E-state index in [0.29, 0.717) is 28.8 Å². The van der Waals surface area contributed by atoms with Crippen LogP contribution in [0.4, 0.5) is 5.69 Å². The van der Waals surface area contributed by atoms with E-state index in [2.05, 4.69) is 10.4 Å². The number of para-hydroxylation sites is 2. The molecule has 2 N–H and O–H groups in total. The van der Waals surface area contributed by atoms with Crippen LogP contribution in [-0.2, 0) is 6.54 Å². The molecule has 0 spiro atoms. The zero-order valence-electron chi connectivity index (χ0n) is 14.0. The number of fused-ring (bicyclic) bond motifs is 1. The monoisotopic (exact) mass is 364 g/mol. The number of anilines is 1. The zero-order valence-corrected chi connectivity index (χ0v) is 14.8. The number of pyridine rings is 1. The minimum absolute atomic E-state index is 0.0221. The molecular weight excluding hydrogens is 348 g/mol. The second-order valence-corrected chi connectivity index (χ2v) is 6.65. The van der Waals surface area contributed by atoms with Gasteiger partial charge in [0.25, 0.3) is 5.91 Å². The highest BCUT2D eigenvalue weighted by Crippen LogP contribution is 2.29. The Morgan fingerprint density at radius 2 is 2.12 bits per heavy atom. The highest BCUT2D eigenvalue weighted by atomic mass is 32.1. The Morgan fingerprint density at radius 3 is 2.85 bits per heavy atom. The number of rotatable bonds is 4. The molecule has 4 rings (SSSR count). The minimum Gasteiger partial charge on any atom is -0.506 e. The highest BCUT2D eigenvalue weighted by Gasteiger charge is 2.18. The van der Waals surface area contributed by atoms with Gasteiger partial charge in [-0.3, -0.25) is 4.79 Å². The zero-order chi connectivity index (χ0) is 18.1. The molecule has 0 aliphatic rings. The topological polar surface area (TPSA) is 80.0 Å². The van der Waals surface area contributed by atoms with Crippen LogP contribution in [0.25, 0.3) is 21.6 Å². The van der Waals surface area contributed by atoms with Gasteiger partial charge in [-0.2, -0.15) is 5.10 Å². The molecule has 0 bridgehead atoms. The summed E-state index contributed by atoms with van der Waals surface area (Å²) in [6.45, 7) is 2.64. The summed E-state index contributed by atoms with van der Waals surface area (Å²) in [5.74, 6) is -0.291. The maximum atomic E-state index is 12.9. The molecule has 3 heterocycles. The van der Waals surface area contributed by atoms with E-state index < -0.39 is 0 Å². The van der Waals surface area contributed by atoms with Crippen LogP contribution in [0, 0.1) is 0 Å². The number of phenolic OH excluding ortho intramolecular Hbond substituents is 1. The first kappa shape index (κ1) is 16.3. The molecule has 3 aromatic heterocycles. The summed E-state index contributed by atoms with van der Waals surface area (Å²) in [6.07, 6.45) is 1.66. The fraction of sp³-hybridized carbons (Fsp3) is 0.105. The molecule has 6 nitrogen and oxygen atoms in total. The molecular formula is C19H16N4O2S. The van der Waals surface area contributed by atoms with Gasteiger partial charge in [-0.1, -0.05) is 18.2 Å². The number of carbonyl (C=O) groups is 1. The first-order chi connectivity index (χ1) is 12.7. The summed E-state index contributed by atoms with van der Waals surface area (Å²) in [5, 5.41) is 19.7. The highest BCUT2D eigenvalue weighted by molar-refractivity contribution is 7.13. The van der Waals surface area contributed by atoms with E-state index in [1.165, 1.54) is 6.07 Å². The van der Waals surface area contributed by atoms with E-state index >= 15 is 0 Å². The van der Waals surface area contributed by atoms with Crippen molar-refractivity contribution in [3.8, 4) is 16.3 Å². The van der Waals surface area contributed by atoms with E-state index in [-0.39, 0.29) is 11.7 Å². The number of amides is 1. The first-order valence-electron chi connectivity index (χ1n) is 8.17. The average Bonchev–Trinajstić information content (AvgIpc) is 3.32. The Morgan fingerprint density at radius 1 is 1.27 bits per heavy atom. The van der Waals surface area contributed by atoms with Gasteiger partial charge in [0.2, 0.25) is 0 Å². The van der Waals surface area contributed by atoms with Gasteiger partial charge >= 0.3 is 0 Å². The Bertz CT molecular complexity index is 1090. The Hall–Kier alpha value is -3.19. The van der Waals surface area contributed by atoms with E-state index in [4.69, 9.17) is 4.98 Å². The van der Waals surface area contributed by atoms with Gasteiger partial charge in [0, 0.05) is 6.54 Å². The first-order valence-corrected chi connectivity index (χ1v) is 9.05. The number of hydrogen-bond donors (Lipinski definition) is 2. The second kappa shape index (κ2) is 6.61. The maximum absolute atomic E-state index is 12.9. The van der Waals surface area contributed by atoms with E-state index in [1.54, 1.807) is 46.5 Å². The van der Waals surface area contributed by atoms with Crippen LogP contribution in [0.3, 0.4) is 0 Å². The van der Waals surface area contributed by atoms with Crippen molar-refractivity contribution in [2.24, 2.45) is 0 Å². The fourth-order valence-corrected chi connectivity index (χ4v) is 3.47. The van der Waals surface area contributed by atoms with Gasteiger partial charge in [-0.25, -0.2) is 9.67 Å². The molecule has 0 aliphatic heterocycles. The largest absolute Gasteiger partial charge is 0.506 e. The van der Waals surface area contributed by atoms with Crippen LogP contribution < -0.4 is 5.32 Å². The van der Waals surface area contributed by atoms with Gasteiger partial charge in [-0.05, 0) is 36.6 Å². The Kier molecular flexibility index (Phi) is 4.14. The van der Waals surface area contributed by atoms with Gasteiger partial charge in [0.15, 0.2) is 5.65 Å². The molecule has 1 amide bonds. The molecule has 0 unspecified atom stereocenters. The van der Waals surface area contributed by atoms with Crippen LogP contribution in [0.1, 0.15) is 17.3 Å². The molecule has 0 fully saturated rings. The third-order valence-corrected chi connectivity index (χ3v) is 4.97. The van der Waals surface area contributed by atoms with Crippen LogP contribution in [0.15, 0.2) is 54.0 Å². The summed E-state index contributed by atoms with van der Waals surface area (Å²) in [6, 6.07) is 12.3. The van der Waals surface area contributed by atoms with Crippen molar-refractivity contribution in [2.45, 2.75) is 13.5 Å². The second-order valence-electron chi connectivity index (χ2n) is 5.70. The number of phenols is 1. The predicted octanol–water partition coefficient (Wildman–Crippen LogP) is 4.14. The maximum Gasteiger partial charge on any atom is 0.256 e.